The summed E-state index contributed by atoms with van der Waals surface area (Å²) in [6.07, 6.45) is 1.94. The van der Waals surface area contributed by atoms with Crippen molar-refractivity contribution in [1.82, 2.24) is 4.31 Å². The molecule has 1 heterocycles. The molecule has 0 radical (unpaired) electrons. The Balaban J connectivity index is 0.00000264. The van der Waals surface area contributed by atoms with Crippen molar-refractivity contribution in [2.75, 3.05) is 32.1 Å². The topological polar surface area (TPSA) is 102 Å². The number of nitrogens with two attached hydrogens (primary N) is 1. The molecule has 1 aromatic rings. The number of anilines is 1. The normalized spacial score (nSPS) is 15.0. The van der Waals surface area contributed by atoms with Gasteiger partial charge in [-0.15, -0.1) is 12.4 Å². The molecule has 1 amide bonds. The van der Waals surface area contributed by atoms with Crippen LogP contribution in [0.15, 0.2) is 23.1 Å². The second-order valence-electron chi connectivity index (χ2n) is 5.06. The van der Waals surface area contributed by atoms with Gasteiger partial charge in [-0.3, -0.25) is 4.79 Å². The van der Waals surface area contributed by atoms with Crippen LogP contribution in [0.25, 0.3) is 0 Å². The molecule has 1 saturated heterocycles. The van der Waals surface area contributed by atoms with Gasteiger partial charge in [0.25, 0.3) is 0 Å². The number of carbonyl (C=O) groups excluding carboxylic acids is 1. The molecule has 0 spiro atoms. The highest BCUT2D eigenvalue weighted by atomic mass is 35.5. The summed E-state index contributed by atoms with van der Waals surface area (Å²) in [5.74, 6) is -0.00264. The van der Waals surface area contributed by atoms with Gasteiger partial charge >= 0.3 is 0 Å². The van der Waals surface area contributed by atoms with E-state index < -0.39 is 10.0 Å². The molecule has 0 unspecified atom stereocenters. The zero-order chi connectivity index (χ0) is 16.2. The second-order valence-corrected chi connectivity index (χ2v) is 6.97. The van der Waals surface area contributed by atoms with Crippen LogP contribution >= 0.6 is 12.4 Å². The quantitative estimate of drug-likeness (QED) is 0.790. The van der Waals surface area contributed by atoms with E-state index in [1.165, 1.54) is 23.5 Å². The Morgan fingerprint density at radius 2 is 2.00 bits per heavy atom. The van der Waals surface area contributed by atoms with E-state index in [1.54, 1.807) is 6.07 Å². The van der Waals surface area contributed by atoms with Crippen LogP contribution in [0.1, 0.15) is 19.3 Å². The average Bonchev–Trinajstić information content (AvgIpc) is 3.02. The van der Waals surface area contributed by atoms with E-state index >= 15 is 0 Å². The number of methoxy groups -OCH3 is 1. The predicted octanol–water partition coefficient (Wildman–Crippen LogP) is 1.19. The van der Waals surface area contributed by atoms with E-state index in [0.717, 1.165) is 12.8 Å². The summed E-state index contributed by atoms with van der Waals surface area (Å²) in [6, 6.07) is 4.53. The van der Waals surface area contributed by atoms with Crippen molar-refractivity contribution in [3.05, 3.63) is 18.2 Å². The first kappa shape index (κ1) is 19.7. The number of nitrogens with zero attached hydrogens (tertiary/aromatic N) is 1. The molecule has 1 aliphatic heterocycles. The fourth-order valence-electron chi connectivity index (χ4n) is 2.38. The molecule has 1 fully saturated rings. The Labute approximate surface area is 142 Å². The van der Waals surface area contributed by atoms with Gasteiger partial charge < -0.3 is 15.8 Å². The van der Waals surface area contributed by atoms with Crippen LogP contribution in [-0.4, -0.2) is 45.4 Å². The highest BCUT2D eigenvalue weighted by Gasteiger charge is 2.30. The van der Waals surface area contributed by atoms with Crippen molar-refractivity contribution in [2.24, 2.45) is 5.73 Å². The zero-order valence-corrected chi connectivity index (χ0v) is 14.6. The fourth-order valence-corrected chi connectivity index (χ4v) is 4.03. The molecule has 2 rings (SSSR count). The lowest BCUT2D eigenvalue weighted by Gasteiger charge is -2.18. The molecule has 0 atom stereocenters. The summed E-state index contributed by atoms with van der Waals surface area (Å²) in [6.45, 7) is 1.31. The van der Waals surface area contributed by atoms with Crippen molar-refractivity contribution in [3.8, 4) is 5.75 Å². The maximum Gasteiger partial charge on any atom is 0.246 e. The van der Waals surface area contributed by atoms with Crippen molar-refractivity contribution in [2.45, 2.75) is 24.2 Å². The second kappa shape index (κ2) is 8.49. The molecule has 7 nitrogen and oxygen atoms in total. The standard InChI is InChI=1S/C14H21N3O4S.ClH/c1-21-12-10-11(16-14(18)6-7-15)4-5-13(12)22(19,20)17-8-2-3-9-17;/h4-5,10H,2-3,6-9,15H2,1H3,(H,16,18);1H. The Morgan fingerprint density at radius 3 is 2.57 bits per heavy atom. The number of halogens is 1. The van der Waals surface area contributed by atoms with Gasteiger partial charge in [-0.25, -0.2) is 8.42 Å². The van der Waals surface area contributed by atoms with Gasteiger partial charge in [0.05, 0.1) is 7.11 Å². The first-order chi connectivity index (χ1) is 10.5. The van der Waals surface area contributed by atoms with Gasteiger partial charge in [-0.1, -0.05) is 0 Å². The number of benzene rings is 1. The van der Waals surface area contributed by atoms with Crippen LogP contribution in [0.2, 0.25) is 0 Å². The monoisotopic (exact) mass is 363 g/mol. The van der Waals surface area contributed by atoms with Crippen LogP contribution in [0.5, 0.6) is 5.75 Å². The molecule has 130 valence electrons. The maximum absolute atomic E-state index is 12.6. The number of rotatable bonds is 6. The highest BCUT2D eigenvalue weighted by Crippen LogP contribution is 2.31. The van der Waals surface area contributed by atoms with Crippen LogP contribution in [0.4, 0.5) is 5.69 Å². The first-order valence-electron chi connectivity index (χ1n) is 7.17. The number of ether oxygens (including phenoxy) is 1. The van der Waals surface area contributed by atoms with E-state index in [-0.39, 0.29) is 41.9 Å². The van der Waals surface area contributed by atoms with Crippen LogP contribution in [-0.2, 0) is 14.8 Å². The number of amides is 1. The summed E-state index contributed by atoms with van der Waals surface area (Å²) in [5, 5.41) is 2.66. The minimum atomic E-state index is -3.56. The molecular formula is C14H22ClN3O4S. The Morgan fingerprint density at radius 1 is 1.35 bits per heavy atom. The molecule has 0 aromatic heterocycles. The molecule has 0 aliphatic carbocycles. The molecule has 1 aromatic carbocycles. The van der Waals surface area contributed by atoms with E-state index in [4.69, 9.17) is 10.5 Å². The third kappa shape index (κ3) is 4.57. The number of hydrogen-bond donors (Lipinski definition) is 2. The molecule has 0 saturated carbocycles. The minimum absolute atomic E-state index is 0. The lowest BCUT2D eigenvalue weighted by Crippen LogP contribution is -2.28. The molecular weight excluding hydrogens is 342 g/mol. The van der Waals surface area contributed by atoms with E-state index in [2.05, 4.69) is 5.32 Å². The van der Waals surface area contributed by atoms with Gasteiger partial charge in [-0.2, -0.15) is 4.31 Å². The van der Waals surface area contributed by atoms with Gasteiger partial charge in [0.15, 0.2) is 0 Å². The smallest absolute Gasteiger partial charge is 0.246 e. The summed E-state index contributed by atoms with van der Waals surface area (Å²) in [7, 11) is -2.15. The van der Waals surface area contributed by atoms with Gasteiger partial charge in [-0.05, 0) is 25.0 Å². The van der Waals surface area contributed by atoms with E-state index in [0.29, 0.717) is 18.8 Å². The van der Waals surface area contributed by atoms with Crippen molar-refractivity contribution >= 4 is 34.0 Å². The van der Waals surface area contributed by atoms with Gasteiger partial charge in [0.2, 0.25) is 15.9 Å². The largest absolute Gasteiger partial charge is 0.495 e. The van der Waals surface area contributed by atoms with Crippen LogP contribution < -0.4 is 15.8 Å². The van der Waals surface area contributed by atoms with Crippen LogP contribution in [0, 0.1) is 0 Å². The number of sulfonamides is 1. The Kier molecular flexibility index (Phi) is 7.27. The summed E-state index contributed by atoms with van der Waals surface area (Å²) in [5.41, 5.74) is 5.80. The summed E-state index contributed by atoms with van der Waals surface area (Å²) < 4.78 is 31.8. The fraction of sp³-hybridized carbons (Fsp3) is 0.500. The Bertz CT molecular complexity index is 645. The van der Waals surface area contributed by atoms with Crippen molar-refractivity contribution in [1.29, 1.82) is 0 Å². The molecule has 9 heteroatoms. The van der Waals surface area contributed by atoms with Crippen LogP contribution in [0.3, 0.4) is 0 Å². The van der Waals surface area contributed by atoms with Crippen molar-refractivity contribution < 1.29 is 17.9 Å². The maximum atomic E-state index is 12.6. The van der Waals surface area contributed by atoms with E-state index in [9.17, 15) is 13.2 Å². The molecule has 0 bridgehead atoms. The zero-order valence-electron chi connectivity index (χ0n) is 12.9. The molecule has 3 N–H and O–H groups in total. The summed E-state index contributed by atoms with van der Waals surface area (Å²) in [4.78, 5) is 11.7. The third-order valence-corrected chi connectivity index (χ3v) is 5.44. The van der Waals surface area contributed by atoms with Gasteiger partial charge in [0, 0.05) is 37.8 Å². The first-order valence-corrected chi connectivity index (χ1v) is 8.61. The lowest BCUT2D eigenvalue weighted by atomic mass is 10.3. The molecule has 1 aliphatic rings. The van der Waals surface area contributed by atoms with E-state index in [1.807, 2.05) is 0 Å². The highest BCUT2D eigenvalue weighted by molar-refractivity contribution is 7.89. The van der Waals surface area contributed by atoms with Crippen molar-refractivity contribution in [3.63, 3.8) is 0 Å². The number of carbonyl (C=O) groups is 1. The SMILES string of the molecule is COc1cc(NC(=O)CCN)ccc1S(=O)(=O)N1CCCC1.Cl. The summed E-state index contributed by atoms with van der Waals surface area (Å²) >= 11 is 0. The van der Waals surface area contributed by atoms with Gasteiger partial charge in [0.1, 0.15) is 10.6 Å². The number of nitrogens with one attached hydrogen (secondary N) is 1. The third-order valence-electron chi connectivity index (χ3n) is 3.50. The predicted molar refractivity (Wildman–Crippen MR) is 90.5 cm³/mol. The minimum Gasteiger partial charge on any atom is -0.495 e. The number of hydrogen-bond acceptors (Lipinski definition) is 5. The molecule has 23 heavy (non-hydrogen) atoms. The average molecular weight is 364 g/mol. The Hall–Kier alpha value is -1.35. The lowest BCUT2D eigenvalue weighted by molar-refractivity contribution is -0.116.